The monoisotopic (exact) mass is 276 g/mol. The summed E-state index contributed by atoms with van der Waals surface area (Å²) in [5.74, 6) is -0.282. The van der Waals surface area contributed by atoms with Crippen LogP contribution in [0.5, 0.6) is 0 Å². The second-order valence-corrected chi connectivity index (χ2v) is 4.45. The van der Waals surface area contributed by atoms with Crippen LogP contribution in [0.2, 0.25) is 10.3 Å². The first-order valence-electron chi connectivity index (χ1n) is 5.19. The van der Waals surface area contributed by atoms with Gasteiger partial charge in [0.1, 0.15) is 12.0 Å². The number of halogens is 2. The van der Waals surface area contributed by atoms with Crippen LogP contribution in [0.4, 0.5) is 5.69 Å². The van der Waals surface area contributed by atoms with Gasteiger partial charge in [-0.15, -0.1) is 0 Å². The van der Waals surface area contributed by atoms with Gasteiger partial charge in [0.05, 0.1) is 6.04 Å². The highest BCUT2D eigenvalue weighted by Gasteiger charge is 2.21. The highest BCUT2D eigenvalue weighted by molar-refractivity contribution is 6.38. The summed E-state index contributed by atoms with van der Waals surface area (Å²) in [6, 6.07) is -0.618. The van der Waals surface area contributed by atoms with E-state index >= 15 is 0 Å². The van der Waals surface area contributed by atoms with Gasteiger partial charge < -0.3 is 11.1 Å². The van der Waals surface area contributed by atoms with Crippen molar-refractivity contribution in [3.8, 4) is 0 Å². The van der Waals surface area contributed by atoms with Gasteiger partial charge in [-0.25, -0.2) is 9.97 Å². The Kier molecular flexibility index (Phi) is 5.11. The summed E-state index contributed by atoms with van der Waals surface area (Å²) in [6.45, 7) is 3.86. The van der Waals surface area contributed by atoms with Crippen LogP contribution in [-0.4, -0.2) is 21.9 Å². The molecule has 3 N–H and O–H groups in total. The second kappa shape index (κ2) is 6.14. The number of aromatic nitrogens is 2. The molecule has 0 aromatic carbocycles. The van der Waals surface area contributed by atoms with Crippen LogP contribution in [0, 0.1) is 5.92 Å². The molecule has 0 bridgehead atoms. The Hall–Kier alpha value is -0.910. The summed E-state index contributed by atoms with van der Waals surface area (Å²) in [5, 5.41) is 2.73. The Balaban J connectivity index is 2.81. The summed E-state index contributed by atoms with van der Waals surface area (Å²) in [6.07, 6.45) is 2.02. The minimum Gasteiger partial charge on any atom is -0.320 e. The molecule has 0 radical (unpaired) electrons. The molecule has 2 atom stereocenters. The average Bonchev–Trinajstić information content (AvgIpc) is 2.31. The lowest BCUT2D eigenvalue weighted by molar-refractivity contribution is -0.118. The number of nitrogens with zero attached hydrogens (tertiary/aromatic N) is 2. The maximum absolute atomic E-state index is 11.8. The number of hydrogen-bond donors (Lipinski definition) is 2. The van der Waals surface area contributed by atoms with Crippen molar-refractivity contribution in [2.24, 2.45) is 11.7 Å². The molecule has 1 amide bonds. The van der Waals surface area contributed by atoms with Crippen molar-refractivity contribution in [2.75, 3.05) is 5.32 Å². The maximum atomic E-state index is 11.8. The third-order valence-corrected chi connectivity index (χ3v) is 3.14. The van der Waals surface area contributed by atoms with Gasteiger partial charge >= 0.3 is 0 Å². The first kappa shape index (κ1) is 14.2. The molecule has 1 rings (SSSR count). The number of carbonyl (C=O) groups is 1. The van der Waals surface area contributed by atoms with Crippen molar-refractivity contribution in [3.05, 3.63) is 16.6 Å². The average molecular weight is 277 g/mol. The molecule has 0 aliphatic heterocycles. The van der Waals surface area contributed by atoms with E-state index in [9.17, 15) is 4.79 Å². The number of carbonyl (C=O) groups excluding carboxylic acids is 1. The smallest absolute Gasteiger partial charge is 0.241 e. The molecule has 17 heavy (non-hydrogen) atoms. The van der Waals surface area contributed by atoms with Crippen molar-refractivity contribution < 1.29 is 4.79 Å². The number of anilines is 1. The summed E-state index contributed by atoms with van der Waals surface area (Å²) in [5.41, 5.74) is 5.97. The summed E-state index contributed by atoms with van der Waals surface area (Å²) in [7, 11) is 0. The van der Waals surface area contributed by atoms with Crippen LogP contribution in [0.1, 0.15) is 20.3 Å². The van der Waals surface area contributed by atoms with Crippen LogP contribution in [0.3, 0.4) is 0 Å². The van der Waals surface area contributed by atoms with Crippen LogP contribution in [-0.2, 0) is 4.79 Å². The largest absolute Gasteiger partial charge is 0.320 e. The highest BCUT2D eigenvalue weighted by atomic mass is 35.5. The Morgan fingerprint density at radius 3 is 2.47 bits per heavy atom. The van der Waals surface area contributed by atoms with Gasteiger partial charge in [0.25, 0.3) is 0 Å². The molecule has 0 aliphatic carbocycles. The van der Waals surface area contributed by atoms with E-state index in [1.54, 1.807) is 0 Å². The second-order valence-electron chi connectivity index (χ2n) is 3.73. The van der Waals surface area contributed by atoms with E-state index in [4.69, 9.17) is 28.9 Å². The molecule has 7 heteroatoms. The SMILES string of the molecule is CCC(C)[C@H](N)C(=O)Nc1c(Cl)ncnc1Cl. The van der Waals surface area contributed by atoms with Crippen molar-refractivity contribution in [2.45, 2.75) is 26.3 Å². The van der Waals surface area contributed by atoms with E-state index in [0.29, 0.717) is 0 Å². The Labute approximate surface area is 110 Å². The predicted octanol–water partition coefficient (Wildman–Crippen LogP) is 2.10. The standard InChI is InChI=1S/C10H14Cl2N4O/c1-3-5(2)6(13)10(17)16-7-8(11)14-4-15-9(7)12/h4-6H,3,13H2,1-2H3,(H,16,17)/t5?,6-/m0/s1. The van der Waals surface area contributed by atoms with Crippen LogP contribution in [0.25, 0.3) is 0 Å². The number of nitrogens with one attached hydrogen (secondary N) is 1. The summed E-state index contributed by atoms with van der Waals surface area (Å²) >= 11 is 11.6. The topological polar surface area (TPSA) is 80.9 Å². The van der Waals surface area contributed by atoms with E-state index < -0.39 is 6.04 Å². The molecule has 1 heterocycles. The minimum atomic E-state index is -0.618. The lowest BCUT2D eigenvalue weighted by atomic mass is 9.99. The first-order chi connectivity index (χ1) is 7.97. The maximum Gasteiger partial charge on any atom is 0.241 e. The van der Waals surface area contributed by atoms with E-state index in [1.807, 2.05) is 13.8 Å². The Morgan fingerprint density at radius 1 is 1.47 bits per heavy atom. The number of nitrogens with two attached hydrogens (primary N) is 1. The number of hydrogen-bond acceptors (Lipinski definition) is 4. The van der Waals surface area contributed by atoms with Gasteiger partial charge in [0.2, 0.25) is 5.91 Å². The Bertz CT molecular complexity index is 393. The zero-order valence-corrected chi connectivity index (χ0v) is 11.1. The zero-order valence-electron chi connectivity index (χ0n) is 9.58. The Morgan fingerprint density at radius 2 is 2.00 bits per heavy atom. The van der Waals surface area contributed by atoms with Crippen LogP contribution < -0.4 is 11.1 Å². The molecule has 0 saturated carbocycles. The number of amides is 1. The lowest BCUT2D eigenvalue weighted by Gasteiger charge is -2.18. The molecular weight excluding hydrogens is 263 g/mol. The van der Waals surface area contributed by atoms with Gasteiger partial charge in [0.15, 0.2) is 10.3 Å². The molecule has 0 aliphatic rings. The van der Waals surface area contributed by atoms with Crippen molar-refractivity contribution >= 4 is 34.8 Å². The van der Waals surface area contributed by atoms with Crippen molar-refractivity contribution in [1.82, 2.24) is 9.97 Å². The van der Waals surface area contributed by atoms with E-state index in [0.717, 1.165) is 6.42 Å². The van der Waals surface area contributed by atoms with Crippen LogP contribution >= 0.6 is 23.2 Å². The van der Waals surface area contributed by atoms with E-state index in [2.05, 4.69) is 15.3 Å². The molecule has 5 nitrogen and oxygen atoms in total. The quantitative estimate of drug-likeness (QED) is 0.826. The predicted molar refractivity (Wildman–Crippen MR) is 68.1 cm³/mol. The highest BCUT2D eigenvalue weighted by Crippen LogP contribution is 2.26. The molecule has 1 aromatic heterocycles. The first-order valence-corrected chi connectivity index (χ1v) is 5.95. The summed E-state index contributed by atoms with van der Waals surface area (Å²) < 4.78 is 0. The molecular formula is C10H14Cl2N4O. The molecule has 0 spiro atoms. The van der Waals surface area contributed by atoms with Gasteiger partial charge in [-0.1, -0.05) is 43.5 Å². The summed E-state index contributed by atoms with van der Waals surface area (Å²) in [4.78, 5) is 19.3. The molecule has 1 unspecified atom stereocenters. The fourth-order valence-electron chi connectivity index (χ4n) is 1.17. The molecule has 1 aromatic rings. The van der Waals surface area contributed by atoms with Crippen LogP contribution in [0.15, 0.2) is 6.33 Å². The minimum absolute atomic E-state index is 0.0668. The van der Waals surface area contributed by atoms with Crippen molar-refractivity contribution in [1.29, 1.82) is 0 Å². The zero-order chi connectivity index (χ0) is 13.0. The third kappa shape index (κ3) is 3.52. The van der Waals surface area contributed by atoms with Gasteiger partial charge in [-0.3, -0.25) is 4.79 Å². The van der Waals surface area contributed by atoms with Gasteiger partial charge in [-0.2, -0.15) is 0 Å². The van der Waals surface area contributed by atoms with Crippen molar-refractivity contribution in [3.63, 3.8) is 0 Å². The fraction of sp³-hybridized carbons (Fsp3) is 0.500. The normalized spacial score (nSPS) is 14.2. The van der Waals surface area contributed by atoms with Gasteiger partial charge in [0, 0.05) is 0 Å². The van der Waals surface area contributed by atoms with E-state index in [-0.39, 0.29) is 27.8 Å². The molecule has 0 fully saturated rings. The third-order valence-electron chi connectivity index (χ3n) is 2.56. The molecule has 94 valence electrons. The van der Waals surface area contributed by atoms with E-state index in [1.165, 1.54) is 6.33 Å². The lowest BCUT2D eigenvalue weighted by Crippen LogP contribution is -2.40. The van der Waals surface area contributed by atoms with Gasteiger partial charge in [-0.05, 0) is 5.92 Å². The number of rotatable bonds is 4. The molecule has 0 saturated heterocycles. The fourth-order valence-corrected chi connectivity index (χ4v) is 1.58.